The predicted octanol–water partition coefficient (Wildman–Crippen LogP) is 8.17. The summed E-state index contributed by atoms with van der Waals surface area (Å²) in [7, 11) is 4.64. The molecular formula is C58H87N3O13. The van der Waals surface area contributed by atoms with E-state index in [2.05, 4.69) is 16.1 Å². The van der Waals surface area contributed by atoms with Crippen LogP contribution < -0.4 is 0 Å². The maximum absolute atomic E-state index is 14.6. The molecule has 1 saturated carbocycles. The number of esters is 1. The van der Waals surface area contributed by atoms with Crippen LogP contribution in [0.4, 0.5) is 0 Å². The largest absolute Gasteiger partial charge is 0.460 e. The highest BCUT2D eigenvalue weighted by Crippen LogP contribution is 2.40. The molecule has 0 aromatic heterocycles. The van der Waals surface area contributed by atoms with Crippen molar-refractivity contribution in [2.45, 2.75) is 205 Å². The molecule has 0 spiro atoms. The minimum absolute atomic E-state index is 0.0129. The number of carbonyl (C=O) groups excluding carboxylic acids is 5. The number of Topliss-reactive ketones (excluding diaryl/α,β-unsaturated/α-hetero) is 3. The molecule has 15 atom stereocenters. The van der Waals surface area contributed by atoms with Gasteiger partial charge in [0.2, 0.25) is 5.79 Å². The van der Waals surface area contributed by atoms with Gasteiger partial charge in [0.15, 0.2) is 11.4 Å². The summed E-state index contributed by atoms with van der Waals surface area (Å²) in [6.45, 7) is 13.3. The number of ketones is 3. The molecule has 412 valence electrons. The average molecular weight is 1030 g/mol. The van der Waals surface area contributed by atoms with Gasteiger partial charge in [-0.15, -0.1) is 12.3 Å². The van der Waals surface area contributed by atoms with E-state index in [-0.39, 0.29) is 60.9 Å². The lowest BCUT2D eigenvalue weighted by atomic mass is 9.78. The lowest BCUT2D eigenvalue weighted by Gasteiger charge is -2.42. The highest BCUT2D eigenvalue weighted by Gasteiger charge is 2.53. The average Bonchev–Trinajstić information content (AvgIpc) is 4.16. The Morgan fingerprint density at radius 2 is 1.62 bits per heavy atom. The molecule has 5 aliphatic rings. The minimum Gasteiger partial charge on any atom is -0.460 e. The van der Waals surface area contributed by atoms with Crippen molar-refractivity contribution in [2.75, 3.05) is 34.5 Å². The van der Waals surface area contributed by atoms with Crippen molar-refractivity contribution in [3.05, 3.63) is 47.6 Å². The fourth-order valence-electron chi connectivity index (χ4n) is 11.3. The number of aliphatic hydroxyl groups is 2. The van der Waals surface area contributed by atoms with E-state index in [1.165, 1.54) is 12.0 Å². The number of aliphatic hydroxyl groups excluding tert-OH is 1. The van der Waals surface area contributed by atoms with Crippen molar-refractivity contribution >= 4 is 29.2 Å². The standard InChI is InChI=1S/C58H87N3O13/c1-12-13-26-57(59-60-57)27-29-72-47-25-23-43(33-50(47)70-10)32-39(5)49-35-46(62)38(4)31-41(7)52(64)53(71-11)51(63)40(6)30-36(2)19-15-14-16-20-37(3)48(69-9)34-44-24-22-42(8)58(68,74-44)54(65)55(66)61-28-18-17-21-45(61)56(67)73-49/h1,14-16,19-20,31,36,38-40,42-45,47-50,52-53,64,68H,13,17-18,21-30,32-35H2,2-11H3/b16-14+,19-15+,37-20+,41-31+/t36-,38-,39-,40-,42-,43+,44+,45+,47-,48+,49+,50-,52-,53+,58-/m1/s1. The van der Waals surface area contributed by atoms with Crippen molar-refractivity contribution < 1.29 is 62.6 Å². The molecule has 74 heavy (non-hydrogen) atoms. The van der Waals surface area contributed by atoms with Gasteiger partial charge in [0.25, 0.3) is 11.7 Å². The first-order valence-electron chi connectivity index (χ1n) is 27.2. The molecule has 4 heterocycles. The molecule has 2 bridgehead atoms. The zero-order chi connectivity index (χ0) is 54.3. The third-order valence-electron chi connectivity index (χ3n) is 16.3. The first-order valence-corrected chi connectivity index (χ1v) is 27.2. The van der Waals surface area contributed by atoms with Gasteiger partial charge in [-0.1, -0.05) is 71.1 Å². The van der Waals surface area contributed by atoms with Crippen LogP contribution in [0.15, 0.2) is 57.8 Å². The molecule has 16 heteroatoms. The Morgan fingerprint density at radius 1 is 0.878 bits per heavy atom. The number of fused-ring (bicyclic) bond motifs is 3. The van der Waals surface area contributed by atoms with Gasteiger partial charge < -0.3 is 43.5 Å². The lowest BCUT2D eigenvalue weighted by Crippen LogP contribution is -2.61. The van der Waals surface area contributed by atoms with Crippen LogP contribution in [0.1, 0.15) is 145 Å². The van der Waals surface area contributed by atoms with Crippen LogP contribution >= 0.6 is 0 Å². The van der Waals surface area contributed by atoms with Crippen molar-refractivity contribution in [1.29, 1.82) is 0 Å². The second-order valence-electron chi connectivity index (χ2n) is 22.1. The molecule has 2 N–H and O–H groups in total. The highest BCUT2D eigenvalue weighted by atomic mass is 16.6. The van der Waals surface area contributed by atoms with Crippen LogP contribution in [0.3, 0.4) is 0 Å². The zero-order valence-corrected chi connectivity index (χ0v) is 45.9. The van der Waals surface area contributed by atoms with Crippen LogP contribution in [0.2, 0.25) is 0 Å². The Kier molecular flexibility index (Phi) is 23.2. The van der Waals surface area contributed by atoms with Gasteiger partial charge in [-0.3, -0.25) is 19.2 Å². The number of hydrogen-bond donors (Lipinski definition) is 2. The SMILES string of the molecule is C#CCCC1(CCO[C@@H]2CC[C@@H](C[C@@H](C)[C@@H]3CC(=O)[C@H](C)/C=C(\C)[C@@H](O)[C@@H](OC)C(=O)[C@H](C)C[C@H](C)/C=C/C=C/C=C(\C)[C@@H](OC)C[C@@H]4CC[C@@H](C)[C@@](O)(O4)C(=O)C(=O)N4CCCC[C@H]4C(=O)O3)C[C@H]2OC)N=N1. The summed E-state index contributed by atoms with van der Waals surface area (Å²) in [6.07, 6.45) is 19.5. The Bertz CT molecular complexity index is 2120. The van der Waals surface area contributed by atoms with Gasteiger partial charge in [0.05, 0.1) is 31.0 Å². The summed E-state index contributed by atoms with van der Waals surface area (Å²) in [6, 6.07) is -1.15. The number of carbonyl (C=O) groups is 5. The summed E-state index contributed by atoms with van der Waals surface area (Å²) in [5.41, 5.74) is 0.819. The number of methoxy groups -OCH3 is 3. The number of piperidine rings is 1. The summed E-state index contributed by atoms with van der Waals surface area (Å²) in [4.78, 5) is 72.6. The smallest absolute Gasteiger partial charge is 0.329 e. The van der Waals surface area contributed by atoms with Crippen LogP contribution in [0.5, 0.6) is 0 Å². The van der Waals surface area contributed by atoms with Crippen molar-refractivity contribution in [3.63, 3.8) is 0 Å². The molecule has 2 saturated heterocycles. The molecule has 16 nitrogen and oxygen atoms in total. The number of terminal acetylenes is 1. The number of hydrogen-bond acceptors (Lipinski definition) is 15. The molecule has 1 amide bonds. The van der Waals surface area contributed by atoms with Crippen molar-refractivity contribution in [3.8, 4) is 12.3 Å². The highest BCUT2D eigenvalue weighted by molar-refractivity contribution is 6.39. The Labute approximate surface area is 440 Å². The monoisotopic (exact) mass is 1030 g/mol. The predicted molar refractivity (Wildman–Crippen MR) is 279 cm³/mol. The first kappa shape index (κ1) is 60.7. The molecule has 0 aromatic carbocycles. The number of rotatable bonds is 12. The van der Waals surface area contributed by atoms with Gasteiger partial charge in [-0.25, -0.2) is 4.79 Å². The van der Waals surface area contributed by atoms with E-state index in [4.69, 9.17) is 34.8 Å². The van der Waals surface area contributed by atoms with Gasteiger partial charge in [-0.05, 0) is 107 Å². The Hall–Kier alpha value is -4.21. The summed E-state index contributed by atoms with van der Waals surface area (Å²) in [5, 5.41) is 32.0. The number of cyclic esters (lactones) is 1. The summed E-state index contributed by atoms with van der Waals surface area (Å²) < 4.78 is 36.3. The number of allylic oxidation sites excluding steroid dienone is 6. The van der Waals surface area contributed by atoms with E-state index in [9.17, 15) is 34.2 Å². The fraction of sp³-hybridized carbons (Fsp3) is 0.741. The first-order chi connectivity index (χ1) is 35.2. The van der Waals surface area contributed by atoms with Crippen LogP contribution in [0, 0.1) is 47.9 Å². The Balaban J connectivity index is 1.41. The summed E-state index contributed by atoms with van der Waals surface area (Å²) in [5.74, 6) is -5.31. The third kappa shape index (κ3) is 16.2. The van der Waals surface area contributed by atoms with E-state index in [0.717, 1.165) is 18.4 Å². The number of ether oxygens (including phenoxy) is 6. The van der Waals surface area contributed by atoms with Crippen molar-refractivity contribution in [1.82, 2.24) is 4.90 Å². The van der Waals surface area contributed by atoms with E-state index >= 15 is 0 Å². The maximum Gasteiger partial charge on any atom is 0.329 e. The molecule has 1 aliphatic carbocycles. The number of nitrogens with zero attached hydrogens (tertiary/aromatic N) is 3. The van der Waals surface area contributed by atoms with Gasteiger partial charge in [-0.2, -0.15) is 10.2 Å². The molecule has 4 aliphatic heterocycles. The summed E-state index contributed by atoms with van der Waals surface area (Å²) >= 11 is 0. The van der Waals surface area contributed by atoms with Crippen LogP contribution in [-0.4, -0.2) is 139 Å². The van der Waals surface area contributed by atoms with Crippen molar-refractivity contribution in [2.24, 2.45) is 45.7 Å². The van der Waals surface area contributed by atoms with Gasteiger partial charge in [0, 0.05) is 77.7 Å². The molecule has 5 rings (SSSR count). The normalized spacial score (nSPS) is 38.1. The van der Waals surface area contributed by atoms with E-state index in [1.54, 1.807) is 41.1 Å². The van der Waals surface area contributed by atoms with Crippen LogP contribution in [-0.2, 0) is 52.4 Å². The fourth-order valence-corrected chi connectivity index (χ4v) is 11.3. The lowest BCUT2D eigenvalue weighted by molar-refractivity contribution is -0.265. The zero-order valence-electron chi connectivity index (χ0n) is 45.9. The van der Waals surface area contributed by atoms with Crippen LogP contribution in [0.25, 0.3) is 0 Å². The minimum atomic E-state index is -2.44. The van der Waals surface area contributed by atoms with E-state index < -0.39 is 83.4 Å². The Morgan fingerprint density at radius 3 is 2.30 bits per heavy atom. The quantitative estimate of drug-likeness (QED) is 0.0819. The number of amides is 1. The van der Waals surface area contributed by atoms with Gasteiger partial charge >= 0.3 is 5.97 Å². The second-order valence-corrected chi connectivity index (χ2v) is 22.1. The van der Waals surface area contributed by atoms with E-state index in [0.29, 0.717) is 82.8 Å². The molecule has 0 radical (unpaired) electrons. The molecule has 3 fully saturated rings. The molecule has 0 aromatic rings. The second kappa shape index (κ2) is 28.2. The molecule has 0 unspecified atom stereocenters. The molecular weight excluding hydrogens is 947 g/mol. The van der Waals surface area contributed by atoms with E-state index in [1.807, 2.05) is 58.1 Å². The maximum atomic E-state index is 14.6. The topological polar surface area (TPSA) is 209 Å². The third-order valence-corrected chi connectivity index (χ3v) is 16.3. The van der Waals surface area contributed by atoms with Gasteiger partial charge in [0.1, 0.15) is 30.1 Å².